The van der Waals surface area contributed by atoms with Crippen molar-refractivity contribution in [3.8, 4) is 0 Å². The van der Waals surface area contributed by atoms with Gasteiger partial charge in [0.15, 0.2) is 0 Å². The first-order valence-corrected chi connectivity index (χ1v) is 9.39. The zero-order valence-corrected chi connectivity index (χ0v) is 15.8. The van der Waals surface area contributed by atoms with Crippen molar-refractivity contribution >= 4 is 0 Å². The summed E-state index contributed by atoms with van der Waals surface area (Å²) in [5.74, 6) is 1.60. The van der Waals surface area contributed by atoms with Gasteiger partial charge in [0.1, 0.15) is 0 Å². The van der Waals surface area contributed by atoms with Crippen molar-refractivity contribution in [3.63, 3.8) is 0 Å². The van der Waals surface area contributed by atoms with E-state index in [1.54, 1.807) is 0 Å². The molecular weight excluding hydrogens is 254 g/mol. The van der Waals surface area contributed by atoms with Gasteiger partial charge in [0.2, 0.25) is 0 Å². The molecule has 0 fully saturated rings. The fourth-order valence-corrected chi connectivity index (χ4v) is 3.37. The average Bonchev–Trinajstić information content (AvgIpc) is 2.51. The lowest BCUT2D eigenvalue weighted by Crippen LogP contribution is -2.36. The normalized spacial score (nSPS) is 16.0. The van der Waals surface area contributed by atoms with Crippen molar-refractivity contribution in [1.29, 1.82) is 0 Å². The van der Waals surface area contributed by atoms with Crippen LogP contribution in [0.15, 0.2) is 12.2 Å². The Morgan fingerprint density at radius 1 is 1.00 bits per heavy atom. The lowest BCUT2D eigenvalue weighted by Gasteiger charge is -2.32. The van der Waals surface area contributed by atoms with E-state index in [2.05, 4.69) is 53.1 Å². The average molecular weight is 296 g/mol. The van der Waals surface area contributed by atoms with Gasteiger partial charge >= 0.3 is 0 Å². The highest BCUT2D eigenvalue weighted by Crippen LogP contribution is 2.26. The van der Waals surface area contributed by atoms with E-state index in [0.29, 0.717) is 0 Å². The topological polar surface area (TPSA) is 3.24 Å². The van der Waals surface area contributed by atoms with Gasteiger partial charge in [0.25, 0.3) is 0 Å². The van der Waals surface area contributed by atoms with Gasteiger partial charge in [-0.15, -0.1) is 0 Å². The molecule has 0 saturated heterocycles. The summed E-state index contributed by atoms with van der Waals surface area (Å²) in [6, 6.07) is 0.719. The number of allylic oxidation sites excluding steroid dienone is 1. The molecule has 3 atom stereocenters. The maximum absolute atomic E-state index is 4.25. The standard InChI is InChI=1S/C20H41N/c1-8-12-16-21(7)18(6)20(11-4)15-13-14-19(10-3)17(5)9-2/h18-20H,5,8-16H2,1-4,6-7H3. The summed E-state index contributed by atoms with van der Waals surface area (Å²) in [6.07, 6.45) is 10.4. The van der Waals surface area contributed by atoms with Crippen LogP contribution < -0.4 is 0 Å². The molecule has 0 amide bonds. The van der Waals surface area contributed by atoms with E-state index in [4.69, 9.17) is 0 Å². The zero-order valence-electron chi connectivity index (χ0n) is 15.8. The Labute approximate surface area is 135 Å². The predicted octanol–water partition coefficient (Wildman–Crippen LogP) is 6.30. The molecule has 0 spiro atoms. The smallest absolute Gasteiger partial charge is 0.00920 e. The molecule has 0 aliphatic rings. The first-order chi connectivity index (χ1) is 10.0. The first kappa shape index (κ1) is 20.7. The van der Waals surface area contributed by atoms with E-state index in [0.717, 1.165) is 24.3 Å². The van der Waals surface area contributed by atoms with Gasteiger partial charge in [0, 0.05) is 6.04 Å². The maximum atomic E-state index is 4.25. The Bertz CT molecular complexity index is 259. The molecule has 126 valence electrons. The Morgan fingerprint density at radius 3 is 2.14 bits per heavy atom. The van der Waals surface area contributed by atoms with Crippen molar-refractivity contribution in [2.45, 2.75) is 92.0 Å². The van der Waals surface area contributed by atoms with E-state index in [-0.39, 0.29) is 0 Å². The third kappa shape index (κ3) is 8.04. The van der Waals surface area contributed by atoms with Crippen LogP contribution in [0.2, 0.25) is 0 Å². The summed E-state index contributed by atoms with van der Waals surface area (Å²) in [6.45, 7) is 17.1. The van der Waals surface area contributed by atoms with E-state index in [1.807, 2.05) is 0 Å². The van der Waals surface area contributed by atoms with Crippen LogP contribution in [0.1, 0.15) is 86.0 Å². The van der Waals surface area contributed by atoms with Crippen LogP contribution in [0.5, 0.6) is 0 Å². The van der Waals surface area contributed by atoms with Crippen LogP contribution in [0, 0.1) is 11.8 Å². The number of hydrogen-bond acceptors (Lipinski definition) is 1. The molecule has 0 heterocycles. The van der Waals surface area contributed by atoms with Crippen LogP contribution in [-0.4, -0.2) is 24.5 Å². The summed E-state index contributed by atoms with van der Waals surface area (Å²) in [5, 5.41) is 0. The van der Waals surface area contributed by atoms with Gasteiger partial charge in [-0.25, -0.2) is 0 Å². The third-order valence-electron chi connectivity index (χ3n) is 5.42. The molecule has 0 radical (unpaired) electrons. The monoisotopic (exact) mass is 295 g/mol. The summed E-state index contributed by atoms with van der Waals surface area (Å²) in [4.78, 5) is 2.57. The fourth-order valence-electron chi connectivity index (χ4n) is 3.37. The van der Waals surface area contributed by atoms with Crippen molar-refractivity contribution in [1.82, 2.24) is 4.90 Å². The number of nitrogens with zero attached hydrogens (tertiary/aromatic N) is 1. The van der Waals surface area contributed by atoms with Gasteiger partial charge in [0.05, 0.1) is 0 Å². The van der Waals surface area contributed by atoms with Gasteiger partial charge in [-0.2, -0.15) is 0 Å². The molecule has 1 nitrogen and oxygen atoms in total. The lowest BCUT2D eigenvalue weighted by molar-refractivity contribution is 0.173. The Morgan fingerprint density at radius 2 is 1.67 bits per heavy atom. The van der Waals surface area contributed by atoms with E-state index in [9.17, 15) is 0 Å². The highest BCUT2D eigenvalue weighted by molar-refractivity contribution is 4.99. The molecule has 0 aromatic rings. The van der Waals surface area contributed by atoms with Crippen molar-refractivity contribution in [3.05, 3.63) is 12.2 Å². The van der Waals surface area contributed by atoms with Crippen LogP contribution >= 0.6 is 0 Å². The third-order valence-corrected chi connectivity index (χ3v) is 5.42. The number of hydrogen-bond donors (Lipinski definition) is 0. The van der Waals surface area contributed by atoms with E-state index >= 15 is 0 Å². The van der Waals surface area contributed by atoms with Crippen molar-refractivity contribution in [2.24, 2.45) is 11.8 Å². The van der Waals surface area contributed by atoms with Gasteiger partial charge in [-0.05, 0) is 64.5 Å². The molecule has 0 bridgehead atoms. The SMILES string of the molecule is C=C(CC)C(CC)CCCC(CC)C(C)N(C)CCCC. The van der Waals surface area contributed by atoms with Crippen molar-refractivity contribution in [2.75, 3.05) is 13.6 Å². The molecule has 0 aromatic carbocycles. The highest BCUT2D eigenvalue weighted by Gasteiger charge is 2.19. The quantitative estimate of drug-likeness (QED) is 0.361. The molecule has 0 saturated carbocycles. The zero-order chi connectivity index (χ0) is 16.3. The minimum Gasteiger partial charge on any atom is -0.303 e. The van der Waals surface area contributed by atoms with Crippen LogP contribution in [0.25, 0.3) is 0 Å². The molecule has 0 aliphatic carbocycles. The summed E-state index contributed by atoms with van der Waals surface area (Å²) in [5.41, 5.74) is 1.46. The molecular formula is C20H41N. The first-order valence-electron chi connectivity index (χ1n) is 9.39. The largest absolute Gasteiger partial charge is 0.303 e. The second-order valence-electron chi connectivity index (χ2n) is 6.79. The Balaban J connectivity index is 4.21. The minimum absolute atomic E-state index is 0.719. The Hall–Kier alpha value is -0.300. The van der Waals surface area contributed by atoms with E-state index in [1.165, 1.54) is 57.1 Å². The molecule has 0 aromatic heterocycles. The highest BCUT2D eigenvalue weighted by atomic mass is 15.1. The van der Waals surface area contributed by atoms with Crippen LogP contribution in [-0.2, 0) is 0 Å². The van der Waals surface area contributed by atoms with Crippen LogP contribution in [0.3, 0.4) is 0 Å². The molecule has 1 heteroatoms. The summed E-state index contributed by atoms with van der Waals surface area (Å²) >= 11 is 0. The number of unbranched alkanes of at least 4 members (excludes halogenated alkanes) is 1. The fraction of sp³-hybridized carbons (Fsp3) is 0.900. The summed E-state index contributed by atoms with van der Waals surface area (Å²) in [7, 11) is 2.30. The Kier molecular flexibility index (Phi) is 12.1. The molecule has 0 N–H and O–H groups in total. The maximum Gasteiger partial charge on any atom is 0.00920 e. The van der Waals surface area contributed by atoms with Gasteiger partial charge in [-0.1, -0.05) is 59.1 Å². The van der Waals surface area contributed by atoms with Gasteiger partial charge < -0.3 is 4.90 Å². The van der Waals surface area contributed by atoms with Crippen LogP contribution in [0.4, 0.5) is 0 Å². The second kappa shape index (κ2) is 12.3. The number of rotatable bonds is 13. The van der Waals surface area contributed by atoms with Gasteiger partial charge in [-0.3, -0.25) is 0 Å². The molecule has 21 heavy (non-hydrogen) atoms. The minimum atomic E-state index is 0.719. The predicted molar refractivity (Wildman–Crippen MR) is 97.8 cm³/mol. The van der Waals surface area contributed by atoms with Crippen molar-refractivity contribution < 1.29 is 0 Å². The summed E-state index contributed by atoms with van der Waals surface area (Å²) < 4.78 is 0. The second-order valence-corrected chi connectivity index (χ2v) is 6.79. The van der Waals surface area contributed by atoms with E-state index < -0.39 is 0 Å². The lowest BCUT2D eigenvalue weighted by atomic mass is 9.86. The molecule has 3 unspecified atom stereocenters. The molecule has 0 aliphatic heterocycles. The molecule has 0 rings (SSSR count).